The minimum atomic E-state index is -0.217. The number of ketones is 1. The lowest BCUT2D eigenvalue weighted by atomic mass is 9.60. The Morgan fingerprint density at radius 2 is 1.52 bits per heavy atom. The lowest BCUT2D eigenvalue weighted by molar-refractivity contribution is -0.228. The number of hydrogen-bond donors (Lipinski definition) is 1. The van der Waals surface area contributed by atoms with Gasteiger partial charge in [0.2, 0.25) is 0 Å². The molecule has 4 bridgehead atoms. The summed E-state index contributed by atoms with van der Waals surface area (Å²) in [4.78, 5) is 17.7. The van der Waals surface area contributed by atoms with E-state index < -0.39 is 0 Å². The molecule has 4 heterocycles. The summed E-state index contributed by atoms with van der Waals surface area (Å²) in [6, 6.07) is 8.19. The molecule has 0 aliphatic carbocycles. The van der Waals surface area contributed by atoms with Crippen LogP contribution in [0.5, 0.6) is 0 Å². The van der Waals surface area contributed by atoms with E-state index in [0.717, 1.165) is 31.9 Å². The highest BCUT2D eigenvalue weighted by Gasteiger charge is 2.65. The predicted molar refractivity (Wildman–Crippen MR) is 82.6 cm³/mol. The van der Waals surface area contributed by atoms with E-state index in [1.807, 2.05) is 12.1 Å². The lowest BCUT2D eigenvalue weighted by Gasteiger charge is -2.69. The van der Waals surface area contributed by atoms with Crippen LogP contribution < -0.4 is 5.73 Å². The van der Waals surface area contributed by atoms with Gasteiger partial charge in [-0.2, -0.15) is 0 Å². The van der Waals surface area contributed by atoms with Gasteiger partial charge in [-0.15, -0.1) is 0 Å². The largest absolute Gasteiger partial charge is 0.399 e. The summed E-state index contributed by atoms with van der Waals surface area (Å²) < 4.78 is 0. The van der Waals surface area contributed by atoms with Crippen LogP contribution in [0.25, 0.3) is 0 Å². The number of nitrogens with zero attached hydrogens (tertiary/aromatic N) is 2. The van der Waals surface area contributed by atoms with Crippen LogP contribution in [-0.2, 0) is 10.5 Å². The van der Waals surface area contributed by atoms with Crippen molar-refractivity contribution in [2.45, 2.75) is 26.4 Å². The van der Waals surface area contributed by atoms with Crippen LogP contribution in [-0.4, -0.2) is 41.8 Å². The van der Waals surface area contributed by atoms with Crippen molar-refractivity contribution in [1.82, 2.24) is 9.80 Å². The molecule has 5 rings (SSSR count). The maximum absolute atomic E-state index is 12.7. The summed E-state index contributed by atoms with van der Waals surface area (Å²) in [7, 11) is 0. The molecule has 2 N–H and O–H groups in total. The molecule has 0 atom stereocenters. The molecular formula is C17H23N3O. The van der Waals surface area contributed by atoms with Crippen molar-refractivity contribution >= 4 is 11.5 Å². The third-order valence-corrected chi connectivity index (χ3v) is 5.92. The third-order valence-electron chi connectivity index (χ3n) is 5.92. The molecule has 0 radical (unpaired) electrons. The Bertz CT molecular complexity index is 599. The second-order valence-corrected chi connectivity index (χ2v) is 7.81. The maximum Gasteiger partial charge on any atom is 0.149 e. The lowest BCUT2D eigenvalue weighted by Crippen LogP contribution is -2.80. The molecule has 0 unspecified atom stereocenters. The minimum Gasteiger partial charge on any atom is -0.399 e. The van der Waals surface area contributed by atoms with Crippen molar-refractivity contribution in [3.05, 3.63) is 29.8 Å². The normalized spacial score (nSPS) is 47.9. The number of nitrogen functional groups attached to an aromatic ring is 1. The smallest absolute Gasteiger partial charge is 0.149 e. The van der Waals surface area contributed by atoms with Gasteiger partial charge >= 0.3 is 0 Å². The Kier molecular flexibility index (Phi) is 2.33. The van der Waals surface area contributed by atoms with Gasteiger partial charge in [0.05, 0.1) is 16.5 Å². The average molecular weight is 285 g/mol. The van der Waals surface area contributed by atoms with Crippen LogP contribution in [0.15, 0.2) is 24.3 Å². The Labute approximate surface area is 125 Å². The summed E-state index contributed by atoms with van der Waals surface area (Å²) in [5.74, 6) is 0.456. The van der Waals surface area contributed by atoms with Gasteiger partial charge in [0.25, 0.3) is 0 Å². The van der Waals surface area contributed by atoms with Crippen molar-refractivity contribution in [1.29, 1.82) is 0 Å². The number of piperidine rings is 2. The van der Waals surface area contributed by atoms with Gasteiger partial charge < -0.3 is 5.73 Å². The number of carbonyl (C=O) groups is 1. The summed E-state index contributed by atoms with van der Waals surface area (Å²) >= 11 is 0. The summed E-state index contributed by atoms with van der Waals surface area (Å²) in [6.45, 7) is 9.94. The Balaban J connectivity index is 1.83. The molecule has 0 spiro atoms. The molecule has 0 aromatic heterocycles. The molecule has 0 amide bonds. The van der Waals surface area contributed by atoms with Crippen LogP contribution in [0.3, 0.4) is 0 Å². The topological polar surface area (TPSA) is 49.6 Å². The number of rotatable bonds is 1. The van der Waals surface area contributed by atoms with E-state index in [2.05, 4.69) is 42.7 Å². The van der Waals surface area contributed by atoms with E-state index in [4.69, 9.17) is 5.73 Å². The van der Waals surface area contributed by atoms with E-state index in [9.17, 15) is 4.79 Å². The van der Waals surface area contributed by atoms with Crippen molar-refractivity contribution in [2.24, 2.45) is 10.8 Å². The number of carbonyl (C=O) groups excluding carboxylic acids is 1. The highest BCUT2D eigenvalue weighted by atomic mass is 16.1. The summed E-state index contributed by atoms with van der Waals surface area (Å²) in [6.07, 6.45) is 0. The molecule has 1 aromatic carbocycles. The Morgan fingerprint density at radius 3 is 2.00 bits per heavy atom. The van der Waals surface area contributed by atoms with Gasteiger partial charge in [-0.05, 0) is 24.6 Å². The Morgan fingerprint density at radius 1 is 1.00 bits per heavy atom. The SMILES string of the molecule is CC12CN3CC(C)(CN(C1)C3(C)c1cccc(N)c1)C2=O. The monoisotopic (exact) mass is 285 g/mol. The fourth-order valence-corrected chi connectivity index (χ4v) is 4.93. The summed E-state index contributed by atoms with van der Waals surface area (Å²) in [5, 5.41) is 0. The van der Waals surface area contributed by atoms with E-state index in [-0.39, 0.29) is 16.5 Å². The fraction of sp³-hybridized carbons (Fsp3) is 0.588. The van der Waals surface area contributed by atoms with Crippen LogP contribution in [0.1, 0.15) is 26.3 Å². The first-order valence-electron chi connectivity index (χ1n) is 7.69. The quantitative estimate of drug-likeness (QED) is 0.797. The zero-order chi connectivity index (χ0) is 15.0. The first-order chi connectivity index (χ1) is 9.78. The number of nitrogens with two attached hydrogens (primary N) is 1. The third kappa shape index (κ3) is 1.49. The van der Waals surface area contributed by atoms with Crippen LogP contribution in [0.4, 0.5) is 5.69 Å². The number of hydrogen-bond acceptors (Lipinski definition) is 4. The van der Waals surface area contributed by atoms with Gasteiger partial charge in [-0.25, -0.2) is 0 Å². The standard InChI is InChI=1S/C17H23N3O/c1-15-8-19-10-16(2,14(15)21)11-20(9-15)17(19,3)12-5-4-6-13(18)7-12/h4-7H,8-11,18H2,1-3H3. The van der Waals surface area contributed by atoms with Gasteiger partial charge in [0, 0.05) is 31.9 Å². The zero-order valence-corrected chi connectivity index (χ0v) is 13.0. The molecule has 4 nitrogen and oxygen atoms in total. The summed E-state index contributed by atoms with van der Waals surface area (Å²) in [5.41, 5.74) is 7.46. The molecule has 112 valence electrons. The molecule has 21 heavy (non-hydrogen) atoms. The molecule has 4 heteroatoms. The zero-order valence-electron chi connectivity index (χ0n) is 13.0. The average Bonchev–Trinajstić information content (AvgIpc) is 2.40. The molecular weight excluding hydrogens is 262 g/mol. The van der Waals surface area contributed by atoms with Gasteiger partial charge in [0.1, 0.15) is 5.78 Å². The van der Waals surface area contributed by atoms with Crippen LogP contribution in [0, 0.1) is 10.8 Å². The number of benzene rings is 1. The van der Waals surface area contributed by atoms with Gasteiger partial charge in [-0.1, -0.05) is 26.0 Å². The molecule has 4 saturated heterocycles. The highest BCUT2D eigenvalue weighted by molar-refractivity contribution is 5.92. The van der Waals surface area contributed by atoms with Gasteiger partial charge in [-0.3, -0.25) is 14.6 Å². The predicted octanol–water partition coefficient (Wildman–Crippen LogP) is 1.67. The second kappa shape index (κ2) is 3.68. The van der Waals surface area contributed by atoms with E-state index in [1.165, 1.54) is 5.56 Å². The van der Waals surface area contributed by atoms with Crippen LogP contribution >= 0.6 is 0 Å². The fourth-order valence-electron chi connectivity index (χ4n) is 4.93. The van der Waals surface area contributed by atoms with E-state index in [0.29, 0.717) is 5.78 Å². The first kappa shape index (κ1) is 13.3. The second-order valence-electron chi connectivity index (χ2n) is 7.81. The Hall–Kier alpha value is -1.39. The number of anilines is 1. The van der Waals surface area contributed by atoms with E-state index in [1.54, 1.807) is 0 Å². The molecule has 4 fully saturated rings. The minimum absolute atomic E-state index is 0.144. The highest BCUT2D eigenvalue weighted by Crippen LogP contribution is 2.54. The van der Waals surface area contributed by atoms with Crippen molar-refractivity contribution < 1.29 is 4.79 Å². The molecule has 4 aliphatic heterocycles. The van der Waals surface area contributed by atoms with Crippen molar-refractivity contribution in [3.8, 4) is 0 Å². The van der Waals surface area contributed by atoms with Crippen molar-refractivity contribution in [2.75, 3.05) is 31.9 Å². The molecule has 1 aromatic rings. The molecule has 0 saturated carbocycles. The van der Waals surface area contributed by atoms with Crippen LogP contribution in [0.2, 0.25) is 0 Å². The van der Waals surface area contributed by atoms with Gasteiger partial charge in [0.15, 0.2) is 0 Å². The maximum atomic E-state index is 12.7. The molecule has 4 aliphatic rings. The number of Topliss-reactive ketones (excluding diaryl/α,β-unsaturated/α-hetero) is 1. The van der Waals surface area contributed by atoms with E-state index >= 15 is 0 Å². The van der Waals surface area contributed by atoms with Crippen molar-refractivity contribution in [3.63, 3.8) is 0 Å². The first-order valence-corrected chi connectivity index (χ1v) is 7.69.